The molecular weight excluding hydrogens is 484 g/mol. The summed E-state index contributed by atoms with van der Waals surface area (Å²) in [5.74, 6) is -4.97. The summed E-state index contributed by atoms with van der Waals surface area (Å²) in [5.41, 5.74) is -3.88. The zero-order chi connectivity index (χ0) is 28.7. The molecule has 0 saturated heterocycles. The minimum Gasteiger partial charge on any atom is -0.511 e. The fourth-order valence-electron chi connectivity index (χ4n) is 7.54. The molecule has 4 atom stereocenters. The lowest BCUT2D eigenvalue weighted by molar-refractivity contribution is -0.171. The lowest BCUT2D eigenvalue weighted by atomic mass is 9.44. The molecule has 38 heavy (non-hydrogen) atoms. The maximum atomic E-state index is 14.0. The number of allylic oxidation sites excluding steroid dienone is 2. The van der Waals surface area contributed by atoms with Crippen molar-refractivity contribution in [2.75, 3.05) is 0 Å². The van der Waals surface area contributed by atoms with Gasteiger partial charge in [-0.05, 0) is 61.1 Å². The summed E-state index contributed by atoms with van der Waals surface area (Å²) in [4.78, 5) is 40.2. The zero-order valence-corrected chi connectivity index (χ0v) is 23.7. The Kier molecular flexibility index (Phi) is 6.31. The van der Waals surface area contributed by atoms with Gasteiger partial charge in [-0.3, -0.25) is 14.4 Å². The van der Waals surface area contributed by atoms with Gasteiger partial charge in [-0.2, -0.15) is 0 Å². The van der Waals surface area contributed by atoms with E-state index in [-0.39, 0.29) is 40.4 Å². The summed E-state index contributed by atoms with van der Waals surface area (Å²) in [5, 5.41) is 45.7. The summed E-state index contributed by atoms with van der Waals surface area (Å²) >= 11 is 0. The van der Waals surface area contributed by atoms with Crippen LogP contribution >= 0.6 is 0 Å². The van der Waals surface area contributed by atoms with Gasteiger partial charge < -0.3 is 20.4 Å². The number of aryl methyl sites for hydroxylation is 1. The Hall–Kier alpha value is -2.93. The second kappa shape index (κ2) is 8.54. The highest BCUT2D eigenvalue weighted by Crippen LogP contribution is 2.65. The van der Waals surface area contributed by atoms with E-state index in [9.17, 15) is 34.8 Å². The van der Waals surface area contributed by atoms with E-state index in [0.29, 0.717) is 18.4 Å². The fraction of sp³-hybridized carbons (Fsp3) is 0.581. The van der Waals surface area contributed by atoms with E-state index in [4.69, 9.17) is 0 Å². The van der Waals surface area contributed by atoms with E-state index in [1.807, 2.05) is 26.8 Å². The highest BCUT2D eigenvalue weighted by atomic mass is 16.3. The monoisotopic (exact) mass is 524 g/mol. The third kappa shape index (κ3) is 3.69. The van der Waals surface area contributed by atoms with Gasteiger partial charge in [0.1, 0.15) is 22.8 Å². The van der Waals surface area contributed by atoms with Crippen molar-refractivity contribution in [1.82, 2.24) is 0 Å². The minimum absolute atomic E-state index is 0.0523. The fourth-order valence-corrected chi connectivity index (χ4v) is 7.54. The first-order chi connectivity index (χ1) is 17.3. The molecule has 7 nitrogen and oxygen atoms in total. The minimum atomic E-state index is -2.59. The van der Waals surface area contributed by atoms with Gasteiger partial charge in [-0.15, -0.1) is 0 Å². The summed E-state index contributed by atoms with van der Waals surface area (Å²) < 4.78 is 0. The van der Waals surface area contributed by atoms with Crippen molar-refractivity contribution in [2.45, 2.75) is 86.7 Å². The Labute approximate surface area is 224 Å². The standard InChI is InChI=1S/C31H40O7/c1-15(2)22-24(34)20(16(3)32)26(36)31(38)27(37)23-25(35)21-18(13-29(23,7)14-30(22,31)8)17(9-10-19(21)33)11-12-28(4,5)6/h9-10,15,22,33-34,37-38H,11-14H2,1-8H3/t22?,29-,30-,31+/m1/s1. The van der Waals surface area contributed by atoms with Crippen LogP contribution in [0.3, 0.4) is 0 Å². The molecule has 7 heteroatoms. The molecule has 4 N–H and O–H groups in total. The molecule has 0 fully saturated rings. The molecule has 1 unspecified atom stereocenters. The van der Waals surface area contributed by atoms with Crippen LogP contribution in [0.2, 0.25) is 0 Å². The molecule has 1 aromatic carbocycles. The van der Waals surface area contributed by atoms with Gasteiger partial charge in [0.15, 0.2) is 17.2 Å². The normalized spacial score (nSPS) is 31.4. The van der Waals surface area contributed by atoms with Crippen LogP contribution in [-0.4, -0.2) is 43.4 Å². The number of hydrogen-bond donors (Lipinski definition) is 4. The lowest BCUT2D eigenvalue weighted by Gasteiger charge is -2.59. The Morgan fingerprint density at radius 3 is 2.24 bits per heavy atom. The number of aliphatic hydroxyl groups is 3. The lowest BCUT2D eigenvalue weighted by Crippen LogP contribution is -2.67. The summed E-state index contributed by atoms with van der Waals surface area (Å²) in [6.45, 7) is 14.6. The number of carbonyl (C=O) groups excluding carboxylic acids is 3. The number of benzene rings is 1. The van der Waals surface area contributed by atoms with Crippen LogP contribution in [0, 0.1) is 28.1 Å². The first-order valence-corrected chi connectivity index (χ1v) is 13.4. The third-order valence-corrected chi connectivity index (χ3v) is 9.13. The molecular formula is C31H40O7. The number of carbonyl (C=O) groups is 3. The second-order valence-electron chi connectivity index (χ2n) is 13.6. The highest BCUT2D eigenvalue weighted by Gasteiger charge is 2.71. The van der Waals surface area contributed by atoms with Crippen molar-refractivity contribution in [1.29, 1.82) is 0 Å². The van der Waals surface area contributed by atoms with Gasteiger partial charge in [-0.1, -0.05) is 54.5 Å². The molecule has 0 heterocycles. The molecule has 1 aromatic rings. The van der Waals surface area contributed by atoms with E-state index in [1.54, 1.807) is 6.92 Å². The maximum Gasteiger partial charge on any atom is 0.209 e. The smallest absolute Gasteiger partial charge is 0.209 e. The molecule has 0 saturated carbocycles. The molecule has 0 aromatic heterocycles. The molecule has 0 radical (unpaired) electrons. The molecule has 0 bridgehead atoms. The number of hydrogen-bond acceptors (Lipinski definition) is 7. The third-order valence-electron chi connectivity index (χ3n) is 9.13. The van der Waals surface area contributed by atoms with Crippen molar-refractivity contribution >= 4 is 17.3 Å². The SMILES string of the molecule is CC(=O)C1=C(O)C(C(C)C)[C@@]2(C)C[C@@]3(C)Cc4c(CCC(C)(C)C)ccc(O)c4C(=O)C3=C(O)[C@@]2(O)C1=O. The number of Topliss-reactive ketones (excluding diaryl/α,β-unsaturated/α-hetero) is 3. The second-order valence-corrected chi connectivity index (χ2v) is 13.6. The van der Waals surface area contributed by atoms with E-state index in [1.165, 1.54) is 6.07 Å². The van der Waals surface area contributed by atoms with Crippen molar-refractivity contribution in [2.24, 2.45) is 28.1 Å². The average molecular weight is 525 g/mol. The van der Waals surface area contributed by atoms with E-state index in [0.717, 1.165) is 18.9 Å². The van der Waals surface area contributed by atoms with E-state index in [2.05, 4.69) is 20.8 Å². The number of aliphatic hydroxyl groups excluding tert-OH is 2. The molecule has 0 amide bonds. The van der Waals surface area contributed by atoms with Crippen molar-refractivity contribution in [3.05, 3.63) is 51.5 Å². The molecule has 3 aliphatic carbocycles. The van der Waals surface area contributed by atoms with Gasteiger partial charge in [0, 0.05) is 22.3 Å². The number of rotatable bonds is 4. The molecule has 3 aliphatic rings. The van der Waals surface area contributed by atoms with Crippen molar-refractivity contribution < 1.29 is 34.8 Å². The Morgan fingerprint density at radius 1 is 1.11 bits per heavy atom. The molecule has 0 spiro atoms. The van der Waals surface area contributed by atoms with Crippen LogP contribution in [0.25, 0.3) is 0 Å². The van der Waals surface area contributed by atoms with Crippen LogP contribution in [0.1, 0.15) is 89.7 Å². The Balaban J connectivity index is 2.00. The van der Waals surface area contributed by atoms with Gasteiger partial charge >= 0.3 is 0 Å². The van der Waals surface area contributed by atoms with Gasteiger partial charge in [0.25, 0.3) is 0 Å². The van der Waals surface area contributed by atoms with Crippen molar-refractivity contribution in [3.8, 4) is 5.75 Å². The largest absolute Gasteiger partial charge is 0.511 e. The van der Waals surface area contributed by atoms with E-state index < -0.39 is 51.0 Å². The summed E-state index contributed by atoms with van der Waals surface area (Å²) in [6, 6.07) is 3.31. The molecule has 206 valence electrons. The maximum absolute atomic E-state index is 14.0. The van der Waals surface area contributed by atoms with Crippen LogP contribution in [0.5, 0.6) is 5.75 Å². The number of aromatic hydroxyl groups is 1. The topological polar surface area (TPSA) is 132 Å². The van der Waals surface area contributed by atoms with Gasteiger partial charge in [0.05, 0.1) is 5.56 Å². The van der Waals surface area contributed by atoms with Crippen molar-refractivity contribution in [3.63, 3.8) is 0 Å². The predicted molar refractivity (Wildman–Crippen MR) is 143 cm³/mol. The summed E-state index contributed by atoms with van der Waals surface area (Å²) in [7, 11) is 0. The first-order valence-electron chi connectivity index (χ1n) is 13.4. The van der Waals surface area contributed by atoms with Crippen LogP contribution in [-0.2, 0) is 22.4 Å². The highest BCUT2D eigenvalue weighted by molar-refractivity contribution is 6.25. The number of fused-ring (bicyclic) bond motifs is 3. The van der Waals surface area contributed by atoms with E-state index >= 15 is 0 Å². The Bertz CT molecular complexity index is 1320. The van der Waals surface area contributed by atoms with Crippen LogP contribution < -0.4 is 0 Å². The predicted octanol–water partition coefficient (Wildman–Crippen LogP) is 5.33. The average Bonchev–Trinajstić information content (AvgIpc) is 2.74. The number of phenolic OH excluding ortho intramolecular Hbond substituents is 1. The number of ketones is 3. The molecule has 4 rings (SSSR count). The quantitative estimate of drug-likeness (QED) is 0.392. The molecule has 0 aliphatic heterocycles. The zero-order valence-electron chi connectivity index (χ0n) is 23.7. The van der Waals surface area contributed by atoms with Gasteiger partial charge in [0.2, 0.25) is 5.78 Å². The van der Waals surface area contributed by atoms with Crippen LogP contribution in [0.4, 0.5) is 0 Å². The Morgan fingerprint density at radius 2 is 1.71 bits per heavy atom. The summed E-state index contributed by atoms with van der Waals surface area (Å²) in [6.07, 6.45) is 1.95. The number of phenols is 1. The van der Waals surface area contributed by atoms with Crippen LogP contribution in [0.15, 0.2) is 34.8 Å². The first kappa shape index (κ1) is 28.1. The van der Waals surface area contributed by atoms with Gasteiger partial charge in [-0.25, -0.2) is 0 Å².